The van der Waals surface area contributed by atoms with Crippen molar-refractivity contribution < 1.29 is 10.9 Å². The van der Waals surface area contributed by atoms with Crippen LogP contribution in [-0.4, -0.2) is 18.5 Å². The van der Waals surface area contributed by atoms with Crippen LogP contribution < -0.4 is 0 Å². The lowest BCUT2D eigenvalue weighted by Gasteiger charge is -2.10. The minimum absolute atomic E-state index is 0.0243. The molecule has 1 aliphatic heterocycles. The van der Waals surface area contributed by atoms with Crippen molar-refractivity contribution in [2.45, 2.75) is 31.5 Å². The van der Waals surface area contributed by atoms with Gasteiger partial charge in [0.15, 0.2) is 0 Å². The van der Waals surface area contributed by atoms with Gasteiger partial charge in [0.25, 0.3) is 0 Å². The molecule has 1 saturated carbocycles. The molecule has 0 aromatic carbocycles. The second-order valence-electron chi connectivity index (χ2n) is 2.84. The van der Waals surface area contributed by atoms with Crippen molar-refractivity contribution in [3.63, 3.8) is 0 Å². The molecule has 50 valence electrons. The van der Waals surface area contributed by atoms with Gasteiger partial charge in [0.05, 0.1) is 12.2 Å². The van der Waals surface area contributed by atoms with Crippen LogP contribution in [0.5, 0.6) is 0 Å². The molecule has 1 aliphatic carbocycles. The van der Waals surface area contributed by atoms with Crippen LogP contribution in [0.1, 0.15) is 20.6 Å². The summed E-state index contributed by atoms with van der Waals surface area (Å²) in [6, 6.07) is 0. The van der Waals surface area contributed by atoms with Gasteiger partial charge in [0.1, 0.15) is 7.63 Å². The summed E-state index contributed by atoms with van der Waals surface area (Å²) in [6.07, 6.45) is 3.01. The van der Waals surface area contributed by atoms with E-state index in [0.29, 0.717) is 12.2 Å². The average Bonchev–Trinajstić information content (AvgIpc) is 2.63. The molecule has 0 N–H and O–H groups in total. The first-order valence-electron chi connectivity index (χ1n) is 3.93. The summed E-state index contributed by atoms with van der Waals surface area (Å²) >= 11 is 0. The molecule has 1 saturated heterocycles. The summed E-state index contributed by atoms with van der Waals surface area (Å²) in [5.74, 6) is -0.0243. The third-order valence-electron chi connectivity index (χ3n) is 2.17. The Labute approximate surface area is 55.6 Å². The lowest BCUT2D eigenvalue weighted by molar-refractivity contribution is -0.111. The largest absolute Gasteiger partial charge is 0.370 e. The molecular weight excluding hydrogens is 116 g/mol. The van der Waals surface area contributed by atoms with Gasteiger partial charge in [-0.2, -0.15) is 0 Å². The van der Waals surface area contributed by atoms with Crippen LogP contribution in [0.25, 0.3) is 0 Å². The van der Waals surface area contributed by atoms with E-state index in [1.165, 1.54) is 0 Å². The Morgan fingerprint density at radius 2 is 2.44 bits per heavy atom. The third-order valence-corrected chi connectivity index (χ3v) is 2.17. The van der Waals surface area contributed by atoms with Crippen LogP contribution in [0.2, 0.25) is 0 Å². The first-order valence-corrected chi connectivity index (χ1v) is 3.43. The fraction of sp³-hybridized carbons (Fsp3) is 0.857. The number of ether oxygens (including phenoxy) is 1. The number of hydrogen-bond donors (Lipinski definition) is 0. The number of fused-ring (bicyclic) bond motifs is 1. The van der Waals surface area contributed by atoms with Crippen LogP contribution in [-0.2, 0) is 9.53 Å². The van der Waals surface area contributed by atoms with Crippen molar-refractivity contribution in [2.75, 3.05) is 0 Å². The number of aldehydes is 1. The zero-order valence-electron chi connectivity index (χ0n) is 6.17. The van der Waals surface area contributed by atoms with E-state index in [-0.39, 0.29) is 5.92 Å². The molecule has 2 nitrogen and oxygen atoms in total. The summed E-state index contributed by atoms with van der Waals surface area (Å²) < 4.78 is 12.1. The van der Waals surface area contributed by atoms with E-state index in [1.807, 2.05) is 0 Å². The van der Waals surface area contributed by atoms with Crippen molar-refractivity contribution in [1.82, 2.24) is 0 Å². The maximum atomic E-state index is 10.6. The van der Waals surface area contributed by atoms with Gasteiger partial charge >= 0.3 is 0 Å². The topological polar surface area (TPSA) is 29.6 Å². The molecule has 0 radical (unpaired) electrons. The van der Waals surface area contributed by atoms with E-state index in [1.54, 1.807) is 0 Å². The molecule has 3 atom stereocenters. The molecule has 2 fully saturated rings. The molecule has 2 heteroatoms. The lowest BCUT2D eigenvalue weighted by Crippen LogP contribution is -2.13. The molecule has 0 aromatic rings. The SMILES string of the molecule is [2H]C(=O)C1CCC2OC2C1. The van der Waals surface area contributed by atoms with Gasteiger partial charge in [-0.1, -0.05) is 0 Å². The molecule has 2 aliphatic rings. The summed E-state index contributed by atoms with van der Waals surface area (Å²) in [5.41, 5.74) is 0. The lowest BCUT2D eigenvalue weighted by atomic mass is 9.91. The van der Waals surface area contributed by atoms with Gasteiger partial charge in [-0.25, -0.2) is 0 Å². The van der Waals surface area contributed by atoms with Gasteiger partial charge < -0.3 is 9.53 Å². The molecule has 2 rings (SSSR count). The third kappa shape index (κ3) is 0.874. The van der Waals surface area contributed by atoms with Crippen molar-refractivity contribution in [3.05, 3.63) is 0 Å². The summed E-state index contributed by atoms with van der Waals surface area (Å²) in [6.45, 7) is 0. The Morgan fingerprint density at radius 3 is 3.11 bits per heavy atom. The minimum atomic E-state index is -0.408. The summed E-state index contributed by atoms with van der Waals surface area (Å²) in [5, 5.41) is 0. The zero-order chi connectivity index (χ0) is 7.14. The molecular formula is C7H10O2. The molecule has 0 bridgehead atoms. The first-order chi connectivity index (χ1) is 4.77. The quantitative estimate of drug-likeness (QED) is 0.384. The molecule has 9 heavy (non-hydrogen) atoms. The Kier molecular flexibility index (Phi) is 0.892. The van der Waals surface area contributed by atoms with E-state index in [2.05, 4.69) is 0 Å². The van der Waals surface area contributed by atoms with Crippen molar-refractivity contribution in [3.8, 4) is 0 Å². The second kappa shape index (κ2) is 1.81. The number of hydrogen-bond acceptors (Lipinski definition) is 2. The average molecular weight is 127 g/mol. The van der Waals surface area contributed by atoms with E-state index in [4.69, 9.17) is 6.11 Å². The van der Waals surface area contributed by atoms with Crippen molar-refractivity contribution in [1.29, 1.82) is 0 Å². The maximum Gasteiger partial charge on any atom is 0.123 e. The predicted molar refractivity (Wildman–Crippen MR) is 32.1 cm³/mol. The van der Waals surface area contributed by atoms with Crippen LogP contribution in [0, 0.1) is 5.92 Å². The first kappa shape index (κ1) is 4.45. The van der Waals surface area contributed by atoms with E-state index >= 15 is 0 Å². The van der Waals surface area contributed by atoms with Gasteiger partial charge in [0.2, 0.25) is 0 Å². The van der Waals surface area contributed by atoms with Gasteiger partial charge in [-0.3, -0.25) is 0 Å². The Bertz CT molecular complexity index is 169. The van der Waals surface area contributed by atoms with Crippen LogP contribution >= 0.6 is 0 Å². The summed E-state index contributed by atoms with van der Waals surface area (Å²) in [4.78, 5) is 10.6. The molecule has 3 unspecified atom stereocenters. The van der Waals surface area contributed by atoms with Crippen LogP contribution in [0.15, 0.2) is 0 Å². The monoisotopic (exact) mass is 127 g/mol. The Hall–Kier alpha value is -0.370. The predicted octanol–water partition coefficient (Wildman–Crippen LogP) is 0.753. The Balaban J connectivity index is 1.94. The van der Waals surface area contributed by atoms with Crippen LogP contribution in [0.3, 0.4) is 0 Å². The molecule has 0 aromatic heterocycles. The number of carbonyl (C=O) groups is 1. The molecule has 0 amide bonds. The standard InChI is InChI=1S/C7H10O2/c8-4-5-1-2-6-7(3-5)9-6/h4-7H,1-3H2/i4D. The number of carbonyl (C=O) groups excluding carboxylic acids is 1. The van der Waals surface area contributed by atoms with Gasteiger partial charge in [-0.05, 0) is 19.3 Å². The van der Waals surface area contributed by atoms with E-state index in [0.717, 1.165) is 19.3 Å². The maximum absolute atomic E-state index is 10.6. The highest BCUT2D eigenvalue weighted by Gasteiger charge is 2.43. The fourth-order valence-corrected chi connectivity index (χ4v) is 1.51. The highest BCUT2D eigenvalue weighted by Crippen LogP contribution is 2.38. The smallest absolute Gasteiger partial charge is 0.123 e. The molecule has 0 spiro atoms. The summed E-state index contributed by atoms with van der Waals surface area (Å²) in [7, 11) is 0. The van der Waals surface area contributed by atoms with E-state index < -0.39 is 6.26 Å². The zero-order valence-corrected chi connectivity index (χ0v) is 5.17. The minimum Gasteiger partial charge on any atom is -0.370 e. The van der Waals surface area contributed by atoms with Gasteiger partial charge in [-0.15, -0.1) is 0 Å². The molecule has 1 heterocycles. The van der Waals surface area contributed by atoms with E-state index in [9.17, 15) is 4.79 Å². The number of epoxide rings is 1. The van der Waals surface area contributed by atoms with Crippen molar-refractivity contribution in [2.24, 2.45) is 5.92 Å². The normalized spacial score (nSPS) is 49.3. The highest BCUT2D eigenvalue weighted by molar-refractivity contribution is 5.54. The second-order valence-corrected chi connectivity index (χ2v) is 2.84. The van der Waals surface area contributed by atoms with Gasteiger partial charge in [0, 0.05) is 5.92 Å². The van der Waals surface area contributed by atoms with Crippen molar-refractivity contribution >= 4 is 6.26 Å². The highest BCUT2D eigenvalue weighted by atomic mass is 16.6. The Morgan fingerprint density at radius 1 is 1.56 bits per heavy atom. The van der Waals surface area contributed by atoms with Crippen LogP contribution in [0.4, 0.5) is 0 Å². The number of rotatable bonds is 1. The fourth-order valence-electron chi connectivity index (χ4n) is 1.51.